The number of aromatic nitrogens is 3. The van der Waals surface area contributed by atoms with Crippen LogP contribution in [0.4, 0.5) is 0 Å². The molecule has 2 aliphatic rings. The van der Waals surface area contributed by atoms with Gasteiger partial charge >= 0.3 is 0 Å². The second kappa shape index (κ2) is 8.40. The Bertz CT molecular complexity index is 1270. The minimum absolute atomic E-state index is 0.0244. The molecule has 170 valence electrons. The molecule has 2 aliphatic heterocycles. The van der Waals surface area contributed by atoms with Crippen molar-refractivity contribution in [1.29, 1.82) is 0 Å². The number of rotatable bonds is 4. The van der Waals surface area contributed by atoms with Gasteiger partial charge in [-0.2, -0.15) is 4.31 Å². The summed E-state index contributed by atoms with van der Waals surface area (Å²) < 4.78 is 31.3. The topological polar surface area (TPSA) is 88.4 Å². The second-order valence-corrected chi connectivity index (χ2v) is 12.0. The van der Waals surface area contributed by atoms with Gasteiger partial charge in [-0.15, -0.1) is 16.4 Å². The number of carbonyl (C=O) groups excluding carboxylic acids is 1. The Labute approximate surface area is 195 Å². The molecule has 0 unspecified atom stereocenters. The van der Waals surface area contributed by atoms with E-state index in [-0.39, 0.29) is 11.9 Å². The van der Waals surface area contributed by atoms with Crippen LogP contribution in [0.1, 0.15) is 47.8 Å². The van der Waals surface area contributed by atoms with Crippen molar-refractivity contribution in [3.63, 3.8) is 0 Å². The zero-order chi connectivity index (χ0) is 22.5. The van der Waals surface area contributed by atoms with Crippen LogP contribution in [0.2, 0.25) is 5.02 Å². The van der Waals surface area contributed by atoms with E-state index in [1.807, 2.05) is 24.0 Å². The summed E-state index contributed by atoms with van der Waals surface area (Å²) in [4.78, 5) is 14.3. The average molecular weight is 494 g/mol. The first-order valence-corrected chi connectivity index (χ1v) is 13.4. The summed E-state index contributed by atoms with van der Waals surface area (Å²) in [6.07, 6.45) is 5.00. The number of benzene rings is 1. The van der Waals surface area contributed by atoms with Crippen LogP contribution in [0.5, 0.6) is 0 Å². The highest BCUT2D eigenvalue weighted by molar-refractivity contribution is 7.91. The molecular weight excluding hydrogens is 470 g/mol. The normalized spacial score (nSPS) is 18.6. The standard InChI is InChI=1S/C21H24ClN5O3S2/c1-14-17-12-15(22)4-5-19(17)31-21(14)32(29,30)26-10-6-16(7-11-26)27-13-18(23-24-27)20(28)25-8-2-3-9-25/h4-5,12-13,16H,2-3,6-11H2,1H3. The van der Waals surface area contributed by atoms with E-state index in [2.05, 4.69) is 10.3 Å². The maximum Gasteiger partial charge on any atom is 0.276 e. The molecule has 2 aromatic heterocycles. The Hall–Kier alpha value is -2.01. The zero-order valence-corrected chi connectivity index (χ0v) is 20.1. The molecule has 11 heteroatoms. The van der Waals surface area contributed by atoms with E-state index in [1.165, 1.54) is 11.3 Å². The average Bonchev–Trinajstić information content (AvgIpc) is 3.55. The van der Waals surface area contributed by atoms with E-state index in [9.17, 15) is 13.2 Å². The maximum atomic E-state index is 13.4. The van der Waals surface area contributed by atoms with Gasteiger partial charge in [0.15, 0.2) is 5.69 Å². The Morgan fingerprint density at radius 2 is 1.88 bits per heavy atom. The molecule has 0 bridgehead atoms. The number of amides is 1. The highest BCUT2D eigenvalue weighted by Gasteiger charge is 2.33. The van der Waals surface area contributed by atoms with Gasteiger partial charge in [-0.25, -0.2) is 13.1 Å². The predicted molar refractivity (Wildman–Crippen MR) is 124 cm³/mol. The molecule has 32 heavy (non-hydrogen) atoms. The Kier molecular flexibility index (Phi) is 5.73. The van der Waals surface area contributed by atoms with Crippen molar-refractivity contribution in [3.8, 4) is 0 Å². The summed E-state index contributed by atoms with van der Waals surface area (Å²) in [7, 11) is -3.59. The molecule has 0 radical (unpaired) electrons. The Morgan fingerprint density at radius 3 is 2.59 bits per heavy atom. The monoisotopic (exact) mass is 493 g/mol. The molecule has 2 saturated heterocycles. The molecule has 1 aromatic carbocycles. The number of aryl methyl sites for hydroxylation is 1. The molecule has 3 aromatic rings. The molecule has 1 amide bonds. The number of sulfonamides is 1. The van der Waals surface area contributed by atoms with Gasteiger partial charge in [-0.05, 0) is 61.8 Å². The fraction of sp³-hybridized carbons (Fsp3) is 0.476. The summed E-state index contributed by atoms with van der Waals surface area (Å²) in [6, 6.07) is 5.49. The van der Waals surface area contributed by atoms with Crippen molar-refractivity contribution in [2.24, 2.45) is 0 Å². The fourth-order valence-corrected chi connectivity index (χ4v) is 8.04. The predicted octanol–water partition coefficient (Wildman–Crippen LogP) is 3.72. The first-order valence-electron chi connectivity index (χ1n) is 10.7. The van der Waals surface area contributed by atoms with E-state index < -0.39 is 10.0 Å². The number of nitrogens with zero attached hydrogens (tertiary/aromatic N) is 5. The largest absolute Gasteiger partial charge is 0.337 e. The summed E-state index contributed by atoms with van der Waals surface area (Å²) in [5.41, 5.74) is 1.11. The quantitative estimate of drug-likeness (QED) is 0.552. The van der Waals surface area contributed by atoms with Crippen molar-refractivity contribution in [2.45, 2.75) is 42.9 Å². The van der Waals surface area contributed by atoms with Crippen LogP contribution in [0.3, 0.4) is 0 Å². The van der Waals surface area contributed by atoms with Crippen LogP contribution >= 0.6 is 22.9 Å². The number of likely N-dealkylation sites (tertiary alicyclic amines) is 1. The lowest BCUT2D eigenvalue weighted by atomic mass is 10.1. The smallest absolute Gasteiger partial charge is 0.276 e. The lowest BCUT2D eigenvalue weighted by molar-refractivity contribution is 0.0787. The van der Waals surface area contributed by atoms with Gasteiger partial charge < -0.3 is 4.90 Å². The van der Waals surface area contributed by atoms with Crippen molar-refractivity contribution in [1.82, 2.24) is 24.2 Å². The number of hydrogen-bond acceptors (Lipinski definition) is 6. The molecular formula is C21H24ClN5O3S2. The summed E-state index contributed by atoms with van der Waals surface area (Å²) in [5.74, 6) is -0.0749. The first-order chi connectivity index (χ1) is 15.3. The number of fused-ring (bicyclic) bond motifs is 1. The highest BCUT2D eigenvalue weighted by atomic mass is 35.5. The summed E-state index contributed by atoms with van der Waals surface area (Å²) in [6.45, 7) is 4.17. The van der Waals surface area contributed by atoms with Gasteiger partial charge in [0.1, 0.15) is 4.21 Å². The number of halogens is 1. The number of thiophene rings is 1. The van der Waals surface area contributed by atoms with E-state index in [4.69, 9.17) is 11.6 Å². The van der Waals surface area contributed by atoms with Crippen molar-refractivity contribution in [3.05, 3.63) is 40.7 Å². The van der Waals surface area contributed by atoms with Crippen LogP contribution in [-0.2, 0) is 10.0 Å². The molecule has 0 spiro atoms. The van der Waals surface area contributed by atoms with Crippen molar-refractivity contribution >= 4 is 49.0 Å². The van der Waals surface area contributed by atoms with Crippen molar-refractivity contribution in [2.75, 3.05) is 26.2 Å². The van der Waals surface area contributed by atoms with Gasteiger partial charge in [0.25, 0.3) is 15.9 Å². The van der Waals surface area contributed by atoms with Gasteiger partial charge in [0.05, 0.1) is 12.2 Å². The van der Waals surface area contributed by atoms with E-state index in [0.717, 1.165) is 41.6 Å². The lowest BCUT2D eigenvalue weighted by Crippen LogP contribution is -2.39. The SMILES string of the molecule is Cc1c(S(=O)(=O)N2CCC(n3cc(C(=O)N4CCCC4)nn3)CC2)sc2ccc(Cl)cc12. The van der Waals surface area contributed by atoms with E-state index in [0.29, 0.717) is 40.9 Å². The molecule has 2 fully saturated rings. The lowest BCUT2D eigenvalue weighted by Gasteiger charge is -2.30. The third kappa shape index (κ3) is 3.83. The van der Waals surface area contributed by atoms with Crippen LogP contribution in [0.25, 0.3) is 10.1 Å². The number of hydrogen-bond donors (Lipinski definition) is 0. The van der Waals surface area contributed by atoms with Crippen LogP contribution in [-0.4, -0.2) is 64.7 Å². The van der Waals surface area contributed by atoms with E-state index >= 15 is 0 Å². The zero-order valence-electron chi connectivity index (χ0n) is 17.7. The van der Waals surface area contributed by atoms with E-state index in [1.54, 1.807) is 21.3 Å². The Morgan fingerprint density at radius 1 is 1.16 bits per heavy atom. The third-order valence-corrected chi connectivity index (χ3v) is 10.4. The third-order valence-electron chi connectivity index (χ3n) is 6.35. The number of piperidine rings is 1. The maximum absolute atomic E-state index is 13.4. The molecule has 5 rings (SSSR count). The second-order valence-electron chi connectivity index (χ2n) is 8.37. The highest BCUT2D eigenvalue weighted by Crippen LogP contribution is 2.38. The molecule has 8 nitrogen and oxygen atoms in total. The fourth-order valence-electron chi connectivity index (χ4n) is 4.52. The molecule has 0 aliphatic carbocycles. The minimum Gasteiger partial charge on any atom is -0.337 e. The minimum atomic E-state index is -3.59. The molecule has 0 atom stereocenters. The number of carbonyl (C=O) groups is 1. The van der Waals surface area contributed by atoms with Gasteiger partial charge in [0.2, 0.25) is 0 Å². The Balaban J connectivity index is 1.29. The summed E-state index contributed by atoms with van der Waals surface area (Å²) >= 11 is 7.39. The van der Waals surface area contributed by atoms with Gasteiger partial charge in [-0.1, -0.05) is 16.8 Å². The van der Waals surface area contributed by atoms with Crippen molar-refractivity contribution < 1.29 is 13.2 Å². The van der Waals surface area contributed by atoms with Crippen LogP contribution < -0.4 is 0 Å². The summed E-state index contributed by atoms with van der Waals surface area (Å²) in [5, 5.41) is 9.72. The van der Waals surface area contributed by atoms with Gasteiger partial charge in [0, 0.05) is 35.9 Å². The van der Waals surface area contributed by atoms with Crippen LogP contribution in [0, 0.1) is 6.92 Å². The molecule has 0 saturated carbocycles. The first kappa shape index (κ1) is 21.8. The molecule has 0 N–H and O–H groups in total. The molecule has 4 heterocycles. The van der Waals surface area contributed by atoms with Gasteiger partial charge in [-0.3, -0.25) is 4.79 Å². The van der Waals surface area contributed by atoms with Crippen LogP contribution in [0.15, 0.2) is 28.6 Å².